The number of hydrogen-bond acceptors (Lipinski definition) is 3. The standard InChI is InChI=1S/C13H13ClN2O2/c1-7-3-4-9(15)12(8(7)2)16-13(17)10-5-6-11(14)18-10/h3-6H,15H2,1-2H3,(H,16,17). The lowest BCUT2D eigenvalue weighted by Crippen LogP contribution is -2.13. The highest BCUT2D eigenvalue weighted by Crippen LogP contribution is 2.26. The Morgan fingerprint density at radius 2 is 2.00 bits per heavy atom. The van der Waals surface area contributed by atoms with Gasteiger partial charge in [-0.15, -0.1) is 0 Å². The van der Waals surface area contributed by atoms with Crippen LogP contribution in [0, 0.1) is 13.8 Å². The van der Waals surface area contributed by atoms with Crippen molar-refractivity contribution in [2.45, 2.75) is 13.8 Å². The molecule has 2 rings (SSSR count). The van der Waals surface area contributed by atoms with Gasteiger partial charge in [0, 0.05) is 0 Å². The van der Waals surface area contributed by atoms with E-state index in [1.54, 1.807) is 6.07 Å². The summed E-state index contributed by atoms with van der Waals surface area (Å²) in [5.41, 5.74) is 8.96. The van der Waals surface area contributed by atoms with Crippen molar-refractivity contribution in [2.75, 3.05) is 11.1 Å². The molecule has 0 bridgehead atoms. The molecule has 0 fully saturated rings. The molecule has 0 saturated carbocycles. The van der Waals surface area contributed by atoms with Crippen molar-refractivity contribution in [3.63, 3.8) is 0 Å². The normalized spacial score (nSPS) is 10.4. The Labute approximate surface area is 110 Å². The van der Waals surface area contributed by atoms with Gasteiger partial charge in [0.1, 0.15) is 0 Å². The topological polar surface area (TPSA) is 68.3 Å². The van der Waals surface area contributed by atoms with Gasteiger partial charge >= 0.3 is 0 Å². The lowest BCUT2D eigenvalue weighted by atomic mass is 10.1. The Bertz CT molecular complexity index is 605. The summed E-state index contributed by atoms with van der Waals surface area (Å²) in [5, 5.41) is 2.91. The summed E-state index contributed by atoms with van der Waals surface area (Å²) in [6, 6.07) is 6.69. The van der Waals surface area contributed by atoms with E-state index >= 15 is 0 Å². The third kappa shape index (κ3) is 2.33. The van der Waals surface area contributed by atoms with Gasteiger partial charge in [0.25, 0.3) is 5.91 Å². The third-order valence-electron chi connectivity index (χ3n) is 2.80. The van der Waals surface area contributed by atoms with E-state index in [4.69, 9.17) is 21.8 Å². The number of rotatable bonds is 2. The number of furan rings is 1. The van der Waals surface area contributed by atoms with E-state index < -0.39 is 0 Å². The Morgan fingerprint density at radius 1 is 1.28 bits per heavy atom. The predicted molar refractivity (Wildman–Crippen MR) is 72.0 cm³/mol. The molecule has 5 heteroatoms. The van der Waals surface area contributed by atoms with Crippen molar-refractivity contribution in [1.29, 1.82) is 0 Å². The van der Waals surface area contributed by atoms with Gasteiger partial charge < -0.3 is 15.5 Å². The highest BCUT2D eigenvalue weighted by molar-refractivity contribution is 6.29. The fourth-order valence-electron chi connectivity index (χ4n) is 1.61. The number of benzene rings is 1. The minimum Gasteiger partial charge on any atom is -0.440 e. The van der Waals surface area contributed by atoms with Crippen LogP contribution in [0.1, 0.15) is 21.7 Å². The van der Waals surface area contributed by atoms with Crippen LogP contribution in [0.25, 0.3) is 0 Å². The maximum absolute atomic E-state index is 11.9. The van der Waals surface area contributed by atoms with E-state index in [0.29, 0.717) is 11.4 Å². The molecular weight excluding hydrogens is 252 g/mol. The summed E-state index contributed by atoms with van der Waals surface area (Å²) in [7, 11) is 0. The van der Waals surface area contributed by atoms with Crippen molar-refractivity contribution >= 4 is 28.9 Å². The molecule has 4 nitrogen and oxygen atoms in total. The molecule has 0 aliphatic rings. The first-order chi connectivity index (χ1) is 8.49. The molecule has 0 aliphatic heterocycles. The molecule has 18 heavy (non-hydrogen) atoms. The van der Waals surface area contributed by atoms with Gasteiger partial charge in [0.05, 0.1) is 11.4 Å². The van der Waals surface area contributed by atoms with Gasteiger partial charge in [-0.25, -0.2) is 0 Å². The Morgan fingerprint density at radius 3 is 2.61 bits per heavy atom. The van der Waals surface area contributed by atoms with Crippen molar-refractivity contribution < 1.29 is 9.21 Å². The SMILES string of the molecule is Cc1ccc(N)c(NC(=O)c2ccc(Cl)o2)c1C. The van der Waals surface area contributed by atoms with Gasteiger partial charge in [-0.1, -0.05) is 6.07 Å². The first kappa shape index (κ1) is 12.5. The monoisotopic (exact) mass is 264 g/mol. The summed E-state index contributed by atoms with van der Waals surface area (Å²) < 4.78 is 5.04. The number of carbonyl (C=O) groups excluding carboxylic acids is 1. The molecule has 0 unspecified atom stereocenters. The van der Waals surface area contributed by atoms with Gasteiger partial charge in [-0.3, -0.25) is 4.79 Å². The molecule has 0 radical (unpaired) electrons. The van der Waals surface area contributed by atoms with Crippen LogP contribution < -0.4 is 11.1 Å². The Kier molecular flexibility index (Phi) is 3.30. The van der Waals surface area contributed by atoms with E-state index in [1.807, 2.05) is 19.9 Å². The summed E-state index contributed by atoms with van der Waals surface area (Å²) >= 11 is 5.62. The van der Waals surface area contributed by atoms with Crippen molar-refractivity contribution in [1.82, 2.24) is 0 Å². The van der Waals surface area contributed by atoms with Crippen molar-refractivity contribution in [3.05, 3.63) is 46.4 Å². The average Bonchev–Trinajstić information content (AvgIpc) is 2.76. The zero-order valence-corrected chi connectivity index (χ0v) is 10.8. The summed E-state index contributed by atoms with van der Waals surface area (Å²) in [5.74, 6) is -0.220. The Balaban J connectivity index is 2.30. The maximum atomic E-state index is 11.9. The number of nitrogens with one attached hydrogen (secondary N) is 1. The second-order valence-corrected chi connectivity index (χ2v) is 4.40. The first-order valence-electron chi connectivity index (χ1n) is 5.41. The number of amides is 1. The van der Waals surface area contributed by atoms with E-state index in [2.05, 4.69) is 5.32 Å². The molecule has 1 heterocycles. The van der Waals surface area contributed by atoms with Crippen molar-refractivity contribution in [3.8, 4) is 0 Å². The average molecular weight is 265 g/mol. The molecule has 94 valence electrons. The van der Waals surface area contributed by atoms with Crippen LogP contribution in [-0.2, 0) is 0 Å². The number of anilines is 2. The summed E-state index contributed by atoms with van der Waals surface area (Å²) in [6.07, 6.45) is 0. The molecule has 1 amide bonds. The van der Waals surface area contributed by atoms with Crippen molar-refractivity contribution in [2.24, 2.45) is 0 Å². The number of hydrogen-bond donors (Lipinski definition) is 2. The molecule has 3 N–H and O–H groups in total. The predicted octanol–water partition coefficient (Wildman–Crippen LogP) is 3.38. The number of nitrogen functional groups attached to an aromatic ring is 1. The van der Waals surface area contributed by atoms with E-state index in [1.165, 1.54) is 12.1 Å². The molecule has 1 aromatic carbocycles. The smallest absolute Gasteiger partial charge is 0.291 e. The molecule has 0 spiro atoms. The zero-order chi connectivity index (χ0) is 13.3. The van der Waals surface area contributed by atoms with Crippen LogP contribution >= 0.6 is 11.6 Å². The van der Waals surface area contributed by atoms with Crippen LogP contribution in [0.5, 0.6) is 0 Å². The van der Waals surface area contributed by atoms with Crippen LogP contribution in [0.4, 0.5) is 11.4 Å². The van der Waals surface area contributed by atoms with Crippen LogP contribution in [0.2, 0.25) is 5.22 Å². The number of aryl methyl sites for hydroxylation is 1. The molecule has 1 aromatic heterocycles. The van der Waals surface area contributed by atoms with Gasteiger partial charge in [-0.2, -0.15) is 0 Å². The van der Waals surface area contributed by atoms with E-state index in [9.17, 15) is 4.79 Å². The second-order valence-electron chi connectivity index (χ2n) is 4.03. The van der Waals surface area contributed by atoms with Crippen LogP contribution in [0.15, 0.2) is 28.7 Å². The largest absolute Gasteiger partial charge is 0.440 e. The highest BCUT2D eigenvalue weighted by Gasteiger charge is 2.14. The van der Waals surface area contributed by atoms with E-state index in [0.717, 1.165) is 11.1 Å². The maximum Gasteiger partial charge on any atom is 0.291 e. The zero-order valence-electron chi connectivity index (χ0n) is 10.1. The molecule has 0 atom stereocenters. The third-order valence-corrected chi connectivity index (χ3v) is 3.01. The number of carbonyl (C=O) groups is 1. The number of nitrogens with two attached hydrogens (primary N) is 1. The minimum absolute atomic E-state index is 0.153. The summed E-state index contributed by atoms with van der Waals surface area (Å²) in [4.78, 5) is 11.9. The Hall–Kier alpha value is -1.94. The second kappa shape index (κ2) is 4.74. The molecular formula is C13H13ClN2O2. The minimum atomic E-state index is -0.373. The molecule has 0 saturated heterocycles. The van der Waals surface area contributed by atoms with Gasteiger partial charge in [0.15, 0.2) is 11.0 Å². The summed E-state index contributed by atoms with van der Waals surface area (Å²) in [6.45, 7) is 3.85. The van der Waals surface area contributed by atoms with E-state index in [-0.39, 0.29) is 16.9 Å². The van der Waals surface area contributed by atoms with Crippen LogP contribution in [-0.4, -0.2) is 5.91 Å². The highest BCUT2D eigenvalue weighted by atomic mass is 35.5. The van der Waals surface area contributed by atoms with Gasteiger partial charge in [-0.05, 0) is 54.8 Å². The fourth-order valence-corrected chi connectivity index (χ4v) is 1.76. The molecule has 0 aliphatic carbocycles. The molecule has 2 aromatic rings. The van der Waals surface area contributed by atoms with Crippen LogP contribution in [0.3, 0.4) is 0 Å². The quantitative estimate of drug-likeness (QED) is 0.817. The first-order valence-corrected chi connectivity index (χ1v) is 5.79. The number of halogens is 1. The lowest BCUT2D eigenvalue weighted by molar-refractivity contribution is 0.0996. The van der Waals surface area contributed by atoms with Gasteiger partial charge in [0.2, 0.25) is 0 Å². The fraction of sp³-hybridized carbons (Fsp3) is 0.154. The lowest BCUT2D eigenvalue weighted by Gasteiger charge is -2.12.